The Morgan fingerprint density at radius 2 is 1.93 bits per heavy atom. The van der Waals surface area contributed by atoms with Crippen molar-refractivity contribution in [3.05, 3.63) is 35.6 Å². The van der Waals surface area contributed by atoms with E-state index in [9.17, 15) is 4.39 Å². The number of aliphatic imine (C=N–C) groups is 1. The van der Waals surface area contributed by atoms with Gasteiger partial charge in [-0.3, -0.25) is 4.99 Å². The van der Waals surface area contributed by atoms with E-state index in [0.29, 0.717) is 12.5 Å². The predicted molar refractivity (Wildman–Crippen MR) is 127 cm³/mol. The molecule has 0 aliphatic carbocycles. The molecule has 1 unspecified atom stereocenters. The molecule has 1 fully saturated rings. The second kappa shape index (κ2) is 14.9. The van der Waals surface area contributed by atoms with E-state index >= 15 is 0 Å². The lowest BCUT2D eigenvalue weighted by molar-refractivity contribution is 0.0203. The summed E-state index contributed by atoms with van der Waals surface area (Å²) < 4.78 is 24.3. The summed E-state index contributed by atoms with van der Waals surface area (Å²) in [4.78, 5) is 6.39. The highest BCUT2D eigenvalue weighted by Gasteiger charge is 2.15. The van der Waals surface area contributed by atoms with Crippen molar-refractivity contribution >= 4 is 29.9 Å². The van der Waals surface area contributed by atoms with E-state index in [4.69, 9.17) is 9.47 Å². The minimum atomic E-state index is -0.217. The molecule has 0 aromatic heterocycles. The van der Waals surface area contributed by atoms with Crippen LogP contribution in [0.2, 0.25) is 0 Å². The highest BCUT2D eigenvalue weighted by Crippen LogP contribution is 2.17. The number of guanidine groups is 1. The average molecular weight is 522 g/mol. The zero-order valence-electron chi connectivity index (χ0n) is 17.8. The quantitative estimate of drug-likeness (QED) is 0.214. The maximum atomic E-state index is 13.2. The van der Waals surface area contributed by atoms with E-state index in [-0.39, 0.29) is 35.8 Å². The van der Waals surface area contributed by atoms with Gasteiger partial charge in [-0.05, 0) is 57.0 Å². The third-order valence-corrected chi connectivity index (χ3v) is 5.02. The van der Waals surface area contributed by atoms with Crippen LogP contribution in [0.4, 0.5) is 4.39 Å². The smallest absolute Gasteiger partial charge is 0.191 e. The summed E-state index contributed by atoms with van der Waals surface area (Å²) in [6.45, 7) is 4.79. The van der Waals surface area contributed by atoms with Crippen molar-refractivity contribution in [2.45, 2.75) is 25.3 Å². The van der Waals surface area contributed by atoms with E-state index in [1.165, 1.54) is 12.1 Å². The molecule has 1 aliphatic heterocycles. The summed E-state index contributed by atoms with van der Waals surface area (Å²) >= 11 is 0. The second-order valence-electron chi connectivity index (χ2n) is 7.40. The maximum absolute atomic E-state index is 13.2. The molecule has 1 heterocycles. The third kappa shape index (κ3) is 10.1. The summed E-state index contributed by atoms with van der Waals surface area (Å²) in [7, 11) is 5.79. The Morgan fingerprint density at radius 3 is 2.55 bits per heavy atom. The van der Waals surface area contributed by atoms with Crippen molar-refractivity contribution in [3.8, 4) is 0 Å². The van der Waals surface area contributed by atoms with Crippen molar-refractivity contribution in [2.75, 3.05) is 60.7 Å². The van der Waals surface area contributed by atoms with Gasteiger partial charge >= 0.3 is 0 Å². The fraction of sp³-hybridized carbons (Fsp3) is 0.667. The first-order valence-electron chi connectivity index (χ1n) is 10.1. The standard InChI is InChI=1S/C21H35FN4O2.HI/c1-23-21(24-11-4-12-28-16-17-9-13-27-14-10-17)25-15-20(26(2)3)18-5-7-19(22)8-6-18;/h5-8,17,20H,4,9-16H2,1-3H3,(H2,23,24,25);1H. The fourth-order valence-electron chi connectivity index (χ4n) is 3.24. The lowest BCUT2D eigenvalue weighted by Gasteiger charge is -2.26. The van der Waals surface area contributed by atoms with E-state index in [1.807, 2.05) is 26.2 Å². The summed E-state index contributed by atoms with van der Waals surface area (Å²) in [6, 6.07) is 6.78. The van der Waals surface area contributed by atoms with Crippen LogP contribution in [-0.4, -0.2) is 71.5 Å². The van der Waals surface area contributed by atoms with Gasteiger partial charge in [0.05, 0.1) is 6.04 Å². The summed E-state index contributed by atoms with van der Waals surface area (Å²) in [5.74, 6) is 1.19. The Labute approximate surface area is 191 Å². The number of nitrogens with zero attached hydrogens (tertiary/aromatic N) is 2. The average Bonchev–Trinajstić information content (AvgIpc) is 2.71. The van der Waals surface area contributed by atoms with Gasteiger partial charge in [-0.1, -0.05) is 12.1 Å². The number of likely N-dealkylation sites (N-methyl/N-ethyl adjacent to an activating group) is 1. The van der Waals surface area contributed by atoms with Crippen LogP contribution >= 0.6 is 24.0 Å². The predicted octanol–water partition coefficient (Wildman–Crippen LogP) is 3.04. The first-order valence-corrected chi connectivity index (χ1v) is 10.1. The Bertz CT molecular complexity index is 581. The topological polar surface area (TPSA) is 58.1 Å². The van der Waals surface area contributed by atoms with Crippen LogP contribution in [0.5, 0.6) is 0 Å². The van der Waals surface area contributed by atoms with Crippen LogP contribution in [0.1, 0.15) is 30.9 Å². The summed E-state index contributed by atoms with van der Waals surface area (Å²) in [5.41, 5.74) is 1.07. The normalized spacial score (nSPS) is 16.4. The lowest BCUT2D eigenvalue weighted by atomic mass is 10.0. The van der Waals surface area contributed by atoms with Crippen LogP contribution in [0, 0.1) is 11.7 Å². The molecular formula is C21H36FIN4O2. The molecule has 0 amide bonds. The Kier molecular flexibility index (Phi) is 13.4. The van der Waals surface area contributed by atoms with Gasteiger partial charge in [0, 0.05) is 46.6 Å². The number of nitrogens with one attached hydrogen (secondary N) is 2. The number of halogens is 2. The Balaban J connectivity index is 0.00000420. The Morgan fingerprint density at radius 1 is 1.24 bits per heavy atom. The van der Waals surface area contributed by atoms with Gasteiger partial charge in [-0.25, -0.2) is 4.39 Å². The highest BCUT2D eigenvalue weighted by atomic mass is 127. The van der Waals surface area contributed by atoms with Crippen LogP contribution in [0.15, 0.2) is 29.3 Å². The van der Waals surface area contributed by atoms with Crippen molar-refractivity contribution in [2.24, 2.45) is 10.9 Å². The highest BCUT2D eigenvalue weighted by molar-refractivity contribution is 14.0. The third-order valence-electron chi connectivity index (χ3n) is 5.02. The molecule has 0 saturated carbocycles. The number of hydrogen-bond donors (Lipinski definition) is 2. The molecule has 0 spiro atoms. The molecule has 1 saturated heterocycles. The van der Waals surface area contributed by atoms with Crippen LogP contribution in [-0.2, 0) is 9.47 Å². The molecule has 166 valence electrons. The largest absolute Gasteiger partial charge is 0.381 e. The van der Waals surface area contributed by atoms with Crippen molar-refractivity contribution in [3.63, 3.8) is 0 Å². The van der Waals surface area contributed by atoms with Crippen LogP contribution in [0.3, 0.4) is 0 Å². The fourth-order valence-corrected chi connectivity index (χ4v) is 3.24. The molecule has 2 rings (SSSR count). The number of benzene rings is 1. The molecule has 1 atom stereocenters. The second-order valence-corrected chi connectivity index (χ2v) is 7.40. The number of hydrogen-bond acceptors (Lipinski definition) is 4. The van der Waals surface area contributed by atoms with Gasteiger partial charge in [0.25, 0.3) is 0 Å². The molecule has 29 heavy (non-hydrogen) atoms. The zero-order valence-corrected chi connectivity index (χ0v) is 20.2. The van der Waals surface area contributed by atoms with Gasteiger partial charge in [-0.2, -0.15) is 0 Å². The van der Waals surface area contributed by atoms with Crippen LogP contribution < -0.4 is 10.6 Å². The van der Waals surface area contributed by atoms with E-state index in [1.54, 1.807) is 7.05 Å². The number of rotatable bonds is 10. The molecular weight excluding hydrogens is 486 g/mol. The molecule has 0 radical (unpaired) electrons. The first-order chi connectivity index (χ1) is 13.6. The van der Waals surface area contributed by atoms with Crippen molar-refractivity contribution < 1.29 is 13.9 Å². The minimum absolute atomic E-state index is 0. The molecule has 1 aromatic rings. The molecule has 0 bridgehead atoms. The van der Waals surface area contributed by atoms with Crippen molar-refractivity contribution in [1.82, 2.24) is 15.5 Å². The van der Waals surface area contributed by atoms with E-state index in [2.05, 4.69) is 20.5 Å². The van der Waals surface area contributed by atoms with Gasteiger partial charge in [-0.15, -0.1) is 24.0 Å². The van der Waals surface area contributed by atoms with Gasteiger partial charge in [0.2, 0.25) is 0 Å². The monoisotopic (exact) mass is 522 g/mol. The summed E-state index contributed by atoms with van der Waals surface area (Å²) in [5, 5.41) is 6.68. The van der Waals surface area contributed by atoms with Crippen LogP contribution in [0.25, 0.3) is 0 Å². The van der Waals surface area contributed by atoms with Gasteiger partial charge in [0.15, 0.2) is 5.96 Å². The van der Waals surface area contributed by atoms with Gasteiger partial charge in [0.1, 0.15) is 5.82 Å². The van der Waals surface area contributed by atoms with E-state index in [0.717, 1.165) is 63.8 Å². The molecule has 1 aliphatic rings. The zero-order chi connectivity index (χ0) is 20.2. The molecule has 1 aromatic carbocycles. The lowest BCUT2D eigenvalue weighted by Crippen LogP contribution is -2.42. The summed E-state index contributed by atoms with van der Waals surface area (Å²) in [6.07, 6.45) is 3.14. The van der Waals surface area contributed by atoms with E-state index < -0.39 is 0 Å². The minimum Gasteiger partial charge on any atom is -0.381 e. The molecule has 2 N–H and O–H groups in total. The SMILES string of the molecule is CN=C(NCCCOCC1CCOCC1)NCC(c1ccc(F)cc1)N(C)C.I. The molecule has 6 nitrogen and oxygen atoms in total. The Hall–Kier alpha value is -0.970. The van der Waals surface area contributed by atoms with Gasteiger partial charge < -0.3 is 25.0 Å². The first kappa shape index (κ1) is 26.1. The number of ether oxygens (including phenoxy) is 2. The van der Waals surface area contributed by atoms with Crippen molar-refractivity contribution in [1.29, 1.82) is 0 Å². The molecule has 8 heteroatoms. The maximum Gasteiger partial charge on any atom is 0.191 e.